The number of ketones is 1. The van der Waals surface area contributed by atoms with Crippen LogP contribution >= 0.6 is 0 Å². The van der Waals surface area contributed by atoms with Crippen molar-refractivity contribution in [2.75, 3.05) is 0 Å². The minimum absolute atomic E-state index is 0.182. The van der Waals surface area contributed by atoms with Crippen LogP contribution in [0.3, 0.4) is 0 Å². The first-order valence-electron chi connectivity index (χ1n) is 6.86. The van der Waals surface area contributed by atoms with Gasteiger partial charge in [0.1, 0.15) is 0 Å². The lowest BCUT2D eigenvalue weighted by molar-refractivity contribution is -0.109. The van der Waals surface area contributed by atoms with Crippen LogP contribution < -0.4 is 10.4 Å². The number of benzene rings is 3. The highest BCUT2D eigenvalue weighted by Gasteiger charge is 2.20. The van der Waals surface area contributed by atoms with E-state index in [9.17, 15) is 4.79 Å². The van der Waals surface area contributed by atoms with Crippen LogP contribution in [0.4, 0.5) is 0 Å². The van der Waals surface area contributed by atoms with Crippen molar-refractivity contribution < 1.29 is 4.79 Å². The lowest BCUT2D eigenvalue weighted by Crippen LogP contribution is -2.25. The molecular formula is C19H14O. The molecule has 96 valence electrons. The Bertz CT molecular complexity index is 940. The summed E-state index contributed by atoms with van der Waals surface area (Å²) in [5.41, 5.74) is 1.75. The second-order valence-corrected chi connectivity index (χ2v) is 5.42. The van der Waals surface area contributed by atoms with Crippen molar-refractivity contribution in [2.45, 2.75) is 13.8 Å². The van der Waals surface area contributed by atoms with Crippen molar-refractivity contribution in [3.05, 3.63) is 59.0 Å². The first kappa shape index (κ1) is 11.4. The summed E-state index contributed by atoms with van der Waals surface area (Å²) in [5.74, 6) is 0.182. The van der Waals surface area contributed by atoms with E-state index in [1.54, 1.807) is 0 Å². The van der Waals surface area contributed by atoms with Gasteiger partial charge in [-0.2, -0.15) is 0 Å². The van der Waals surface area contributed by atoms with E-state index in [4.69, 9.17) is 0 Å². The van der Waals surface area contributed by atoms with Crippen LogP contribution in [0.15, 0.2) is 48.5 Å². The molecule has 0 saturated heterocycles. The average Bonchev–Trinajstić information content (AvgIpc) is 2.73. The molecule has 3 aromatic carbocycles. The fraction of sp³-hybridized carbons (Fsp3) is 0.105. The molecule has 0 aliphatic heterocycles. The number of hydrogen-bond acceptors (Lipinski definition) is 1. The Morgan fingerprint density at radius 2 is 0.950 bits per heavy atom. The molecule has 20 heavy (non-hydrogen) atoms. The van der Waals surface area contributed by atoms with Gasteiger partial charge in [-0.05, 0) is 45.8 Å². The van der Waals surface area contributed by atoms with Gasteiger partial charge in [0.2, 0.25) is 0 Å². The van der Waals surface area contributed by atoms with Gasteiger partial charge >= 0.3 is 0 Å². The van der Waals surface area contributed by atoms with Gasteiger partial charge in [0.15, 0.2) is 5.78 Å². The highest BCUT2D eigenvalue weighted by atomic mass is 16.1. The third-order valence-electron chi connectivity index (χ3n) is 4.36. The Morgan fingerprint density at radius 1 is 0.600 bits per heavy atom. The molecule has 0 amide bonds. The van der Waals surface area contributed by atoms with Crippen molar-refractivity contribution in [3.63, 3.8) is 0 Å². The molecule has 1 nitrogen and oxygen atoms in total. The second-order valence-electron chi connectivity index (χ2n) is 5.42. The summed E-state index contributed by atoms with van der Waals surface area (Å²) < 4.78 is 0. The second kappa shape index (κ2) is 3.80. The third kappa shape index (κ3) is 1.25. The van der Waals surface area contributed by atoms with E-state index in [-0.39, 0.29) is 5.78 Å². The van der Waals surface area contributed by atoms with Gasteiger partial charge in [-0.3, -0.25) is 4.79 Å². The van der Waals surface area contributed by atoms with Gasteiger partial charge in [0.25, 0.3) is 0 Å². The summed E-state index contributed by atoms with van der Waals surface area (Å²) >= 11 is 0. The van der Waals surface area contributed by atoms with Crippen LogP contribution in [0, 0.1) is 0 Å². The summed E-state index contributed by atoms with van der Waals surface area (Å²) in [6, 6.07) is 16.7. The van der Waals surface area contributed by atoms with Gasteiger partial charge in [-0.25, -0.2) is 0 Å². The van der Waals surface area contributed by atoms with Gasteiger partial charge in [0, 0.05) is 11.1 Å². The molecular weight excluding hydrogens is 244 g/mol. The lowest BCUT2D eigenvalue weighted by Gasteiger charge is -2.06. The van der Waals surface area contributed by atoms with E-state index in [0.717, 1.165) is 21.6 Å². The molecule has 0 heterocycles. The van der Waals surface area contributed by atoms with Crippen LogP contribution in [0.1, 0.15) is 13.8 Å². The molecule has 0 aromatic heterocycles. The molecule has 1 aliphatic carbocycles. The van der Waals surface area contributed by atoms with E-state index >= 15 is 0 Å². The van der Waals surface area contributed by atoms with E-state index in [1.807, 2.05) is 26.0 Å². The average molecular weight is 258 g/mol. The van der Waals surface area contributed by atoms with Gasteiger partial charge < -0.3 is 0 Å². The minimum atomic E-state index is 0.182. The molecule has 0 radical (unpaired) electrons. The topological polar surface area (TPSA) is 17.1 Å². The Balaban J connectivity index is 2.54. The Hall–Kier alpha value is -2.41. The molecule has 1 heteroatoms. The molecule has 0 atom stereocenters. The molecule has 0 bridgehead atoms. The van der Waals surface area contributed by atoms with Crippen molar-refractivity contribution in [2.24, 2.45) is 0 Å². The van der Waals surface area contributed by atoms with Crippen molar-refractivity contribution in [1.29, 1.82) is 0 Å². The van der Waals surface area contributed by atoms with Crippen LogP contribution in [0.2, 0.25) is 0 Å². The van der Waals surface area contributed by atoms with E-state index in [1.165, 1.54) is 21.5 Å². The van der Waals surface area contributed by atoms with Crippen LogP contribution in [0.5, 0.6) is 0 Å². The van der Waals surface area contributed by atoms with E-state index < -0.39 is 0 Å². The molecule has 0 unspecified atom stereocenters. The van der Waals surface area contributed by atoms with Crippen LogP contribution in [0.25, 0.3) is 32.7 Å². The number of fused-ring (bicyclic) bond motifs is 6. The molecule has 0 N–H and O–H groups in total. The maximum absolute atomic E-state index is 12.4. The molecule has 0 saturated carbocycles. The van der Waals surface area contributed by atoms with Crippen LogP contribution in [-0.4, -0.2) is 5.78 Å². The van der Waals surface area contributed by atoms with Crippen LogP contribution in [-0.2, 0) is 4.79 Å². The Labute approximate surface area is 116 Å². The predicted octanol–water partition coefficient (Wildman–Crippen LogP) is 2.92. The Kier molecular flexibility index (Phi) is 2.17. The molecule has 1 aliphatic rings. The van der Waals surface area contributed by atoms with Gasteiger partial charge in [0.05, 0.1) is 0 Å². The smallest absolute Gasteiger partial charge is 0.185 e. The fourth-order valence-corrected chi connectivity index (χ4v) is 3.43. The van der Waals surface area contributed by atoms with E-state index in [0.29, 0.717) is 0 Å². The quantitative estimate of drug-likeness (QED) is 0.567. The van der Waals surface area contributed by atoms with Gasteiger partial charge in [-0.15, -0.1) is 0 Å². The van der Waals surface area contributed by atoms with E-state index in [2.05, 4.69) is 36.4 Å². The summed E-state index contributed by atoms with van der Waals surface area (Å²) in [6.45, 7) is 3.89. The predicted molar refractivity (Wildman–Crippen MR) is 83.9 cm³/mol. The summed E-state index contributed by atoms with van der Waals surface area (Å²) in [7, 11) is 0. The first-order valence-corrected chi connectivity index (χ1v) is 6.86. The molecule has 0 fully saturated rings. The largest absolute Gasteiger partial charge is 0.289 e. The fourth-order valence-electron chi connectivity index (χ4n) is 3.43. The zero-order valence-electron chi connectivity index (χ0n) is 11.5. The maximum Gasteiger partial charge on any atom is 0.185 e. The standard InChI is InChI=1S/C19H14O/c1-11-17-15-9-5-3-7-13(15)14-8-4-6-10-16(14)18(17)12(2)19(11)20/h3-10H,1-2H3. The number of carbonyl (C=O) groups is 1. The number of Topliss-reactive ketones (excluding diaryl/α,β-unsaturated/α-hetero) is 1. The third-order valence-corrected chi connectivity index (χ3v) is 4.36. The Morgan fingerprint density at radius 3 is 1.35 bits per heavy atom. The van der Waals surface area contributed by atoms with Crippen molar-refractivity contribution in [1.82, 2.24) is 0 Å². The normalized spacial score (nSPS) is 14.4. The lowest BCUT2D eigenvalue weighted by atomic mass is 9.97. The highest BCUT2D eigenvalue weighted by molar-refractivity contribution is 6.39. The zero-order valence-corrected chi connectivity index (χ0v) is 11.5. The first-order chi connectivity index (χ1) is 9.70. The summed E-state index contributed by atoms with van der Waals surface area (Å²) in [4.78, 5) is 12.4. The molecule has 0 spiro atoms. The number of hydrogen-bond donors (Lipinski definition) is 0. The van der Waals surface area contributed by atoms with Crippen molar-refractivity contribution in [3.8, 4) is 0 Å². The number of carbonyl (C=O) groups excluding carboxylic acids is 1. The monoisotopic (exact) mass is 258 g/mol. The summed E-state index contributed by atoms with van der Waals surface area (Å²) in [5, 5.41) is 7.07. The maximum atomic E-state index is 12.4. The summed E-state index contributed by atoms with van der Waals surface area (Å²) in [6.07, 6.45) is 0. The molecule has 4 rings (SSSR count). The molecule has 3 aromatic rings. The zero-order chi connectivity index (χ0) is 13.9. The SMILES string of the molecule is CC1=c2c(c3ccccc3c3ccccc23)=C(C)C1=O. The number of rotatable bonds is 0. The highest BCUT2D eigenvalue weighted by Crippen LogP contribution is 2.23. The van der Waals surface area contributed by atoms with Gasteiger partial charge in [-0.1, -0.05) is 48.5 Å². The van der Waals surface area contributed by atoms with Crippen molar-refractivity contribution >= 4 is 38.5 Å². The minimum Gasteiger partial charge on any atom is -0.289 e.